The van der Waals surface area contributed by atoms with Crippen molar-refractivity contribution in [1.29, 1.82) is 0 Å². The molecule has 1 amide bonds. The molecule has 4 heteroatoms. The van der Waals surface area contributed by atoms with Crippen molar-refractivity contribution in [1.82, 2.24) is 9.88 Å². The van der Waals surface area contributed by atoms with E-state index in [9.17, 15) is 4.79 Å². The van der Waals surface area contributed by atoms with Crippen LogP contribution in [0.2, 0.25) is 0 Å². The summed E-state index contributed by atoms with van der Waals surface area (Å²) in [5.41, 5.74) is 2.99. The van der Waals surface area contributed by atoms with Crippen LogP contribution in [0.15, 0.2) is 52.5 Å². The molecule has 0 radical (unpaired) electrons. The maximum absolute atomic E-state index is 12.1. The van der Waals surface area contributed by atoms with Gasteiger partial charge in [0.2, 0.25) is 5.91 Å². The number of likely N-dealkylation sites (N-methyl/N-ethyl adjacent to an activating group) is 1. The van der Waals surface area contributed by atoms with Crippen molar-refractivity contribution in [2.75, 3.05) is 7.05 Å². The number of carbonyl (C=O) groups is 1. The molecule has 0 saturated carbocycles. The zero-order chi connectivity index (χ0) is 16.7. The van der Waals surface area contributed by atoms with Crippen molar-refractivity contribution in [2.45, 2.75) is 53.9 Å². The lowest BCUT2D eigenvalue weighted by molar-refractivity contribution is -0.138. The molecule has 0 N–H and O–H groups in total. The molecule has 24 heavy (non-hydrogen) atoms. The molecule has 2 heterocycles. The molecule has 1 aliphatic heterocycles. The van der Waals surface area contributed by atoms with Gasteiger partial charge in [-0.3, -0.25) is 9.78 Å². The fourth-order valence-corrected chi connectivity index (χ4v) is 5.24. The Kier molecular flexibility index (Phi) is 3.87. The van der Waals surface area contributed by atoms with E-state index in [-0.39, 0.29) is 5.41 Å². The third-order valence-corrected chi connectivity index (χ3v) is 6.72. The van der Waals surface area contributed by atoms with Gasteiger partial charge in [-0.15, -0.1) is 0 Å². The summed E-state index contributed by atoms with van der Waals surface area (Å²) >= 11 is 1.79. The summed E-state index contributed by atoms with van der Waals surface area (Å²) in [7, 11) is 1.98. The first-order chi connectivity index (χ1) is 11.6. The predicted molar refractivity (Wildman–Crippen MR) is 96.3 cm³/mol. The second-order valence-electron chi connectivity index (χ2n) is 7.08. The van der Waals surface area contributed by atoms with E-state index in [4.69, 9.17) is 0 Å². The van der Waals surface area contributed by atoms with E-state index >= 15 is 0 Å². The lowest BCUT2D eigenvalue weighted by Crippen LogP contribution is -2.56. The number of rotatable bonds is 2. The molecule has 1 saturated heterocycles. The van der Waals surface area contributed by atoms with Gasteiger partial charge in [-0.1, -0.05) is 24.8 Å². The van der Waals surface area contributed by atoms with Crippen LogP contribution >= 0.6 is 11.8 Å². The Balaban J connectivity index is 1.66. The number of amides is 1. The third-order valence-electron chi connectivity index (χ3n) is 5.72. The van der Waals surface area contributed by atoms with E-state index in [1.54, 1.807) is 11.8 Å². The van der Waals surface area contributed by atoms with Gasteiger partial charge in [0.15, 0.2) is 0 Å². The van der Waals surface area contributed by atoms with Crippen LogP contribution in [0.3, 0.4) is 0 Å². The Bertz CT molecular complexity index is 776. The average molecular weight is 338 g/mol. The van der Waals surface area contributed by atoms with Gasteiger partial charge in [-0.25, -0.2) is 0 Å². The fraction of sp³-hybridized carbons (Fsp3) is 0.400. The largest absolute Gasteiger partial charge is 0.342 e. The highest BCUT2D eigenvalue weighted by atomic mass is 32.2. The Morgan fingerprint density at radius 3 is 2.75 bits per heavy atom. The first-order valence-corrected chi connectivity index (χ1v) is 9.36. The van der Waals surface area contributed by atoms with Gasteiger partial charge >= 0.3 is 0 Å². The highest BCUT2D eigenvalue weighted by molar-refractivity contribution is 7.99. The topological polar surface area (TPSA) is 33.2 Å². The molecule has 1 fully saturated rings. The molecule has 0 unspecified atom stereocenters. The molecule has 1 aliphatic carbocycles. The number of aryl methyl sites for hydroxylation is 1. The Morgan fingerprint density at radius 2 is 1.96 bits per heavy atom. The number of hydrogen-bond donors (Lipinski definition) is 0. The maximum Gasteiger partial charge on any atom is 0.222 e. The number of carbonyl (C=O) groups excluding carboxylic acids is 1. The maximum atomic E-state index is 12.1. The standard InChI is InChI=1S/C20H22N2OS/c1-20-10-7-19(23)22(2)18(20)6-3-14-13-16(4-5-17(14)20)24-15-8-11-21-12-9-15/h4-5,8-9,11-13,18H,3,6-7,10H2,1-2H3/t18-,20-/m1/s1. The van der Waals surface area contributed by atoms with E-state index in [1.165, 1.54) is 20.9 Å². The lowest BCUT2D eigenvalue weighted by Gasteiger charge is -2.50. The van der Waals surface area contributed by atoms with Crippen LogP contribution in [0.5, 0.6) is 0 Å². The van der Waals surface area contributed by atoms with Gasteiger partial charge in [0.05, 0.1) is 0 Å². The van der Waals surface area contributed by atoms with Gasteiger partial charge in [0.25, 0.3) is 0 Å². The number of aromatic nitrogens is 1. The highest BCUT2D eigenvalue weighted by Crippen LogP contribution is 2.46. The van der Waals surface area contributed by atoms with E-state index in [0.717, 1.165) is 19.3 Å². The van der Waals surface area contributed by atoms with E-state index < -0.39 is 0 Å². The van der Waals surface area contributed by atoms with Gasteiger partial charge in [0.1, 0.15) is 0 Å². The summed E-state index contributed by atoms with van der Waals surface area (Å²) in [4.78, 5) is 20.6. The van der Waals surface area contributed by atoms with Crippen molar-refractivity contribution in [3.8, 4) is 0 Å². The summed E-state index contributed by atoms with van der Waals surface area (Å²) in [6, 6.07) is 11.3. The molecule has 2 aromatic rings. The smallest absolute Gasteiger partial charge is 0.222 e. The van der Waals surface area contributed by atoms with Crippen molar-refractivity contribution >= 4 is 17.7 Å². The number of fused-ring (bicyclic) bond motifs is 3. The summed E-state index contributed by atoms with van der Waals surface area (Å²) in [6.07, 6.45) is 7.41. The molecule has 2 atom stereocenters. The lowest BCUT2D eigenvalue weighted by atomic mass is 9.63. The molecule has 124 valence electrons. The second-order valence-corrected chi connectivity index (χ2v) is 8.23. The molecule has 4 rings (SSSR count). The van der Waals surface area contributed by atoms with Crippen molar-refractivity contribution in [3.05, 3.63) is 53.9 Å². The van der Waals surface area contributed by atoms with E-state index in [2.05, 4.69) is 30.1 Å². The number of piperidine rings is 1. The predicted octanol–water partition coefficient (Wildman–Crippen LogP) is 4.06. The average Bonchev–Trinajstić information content (AvgIpc) is 2.59. The van der Waals surface area contributed by atoms with Gasteiger partial charge < -0.3 is 4.90 Å². The zero-order valence-electron chi connectivity index (χ0n) is 14.2. The Morgan fingerprint density at radius 1 is 1.17 bits per heavy atom. The summed E-state index contributed by atoms with van der Waals surface area (Å²) in [5, 5.41) is 0. The molecule has 0 bridgehead atoms. The van der Waals surface area contributed by atoms with Gasteiger partial charge in [-0.2, -0.15) is 0 Å². The Labute approximate surface area is 147 Å². The van der Waals surface area contributed by atoms with E-state index in [0.29, 0.717) is 18.4 Å². The van der Waals surface area contributed by atoms with Crippen molar-refractivity contribution in [3.63, 3.8) is 0 Å². The zero-order valence-corrected chi connectivity index (χ0v) is 15.0. The molecule has 3 nitrogen and oxygen atoms in total. The quantitative estimate of drug-likeness (QED) is 0.828. The Hall–Kier alpha value is -1.81. The van der Waals surface area contributed by atoms with Crippen molar-refractivity contribution < 1.29 is 4.79 Å². The molecule has 1 aromatic heterocycles. The second kappa shape index (κ2) is 5.92. The van der Waals surface area contributed by atoms with Crippen LogP contribution in [-0.4, -0.2) is 28.9 Å². The minimum atomic E-state index is 0.0934. The first kappa shape index (κ1) is 15.7. The van der Waals surface area contributed by atoms with Crippen LogP contribution in [0, 0.1) is 0 Å². The van der Waals surface area contributed by atoms with E-state index in [1.807, 2.05) is 36.5 Å². The normalized spacial score (nSPS) is 26.0. The van der Waals surface area contributed by atoms with Crippen molar-refractivity contribution in [2.24, 2.45) is 0 Å². The monoisotopic (exact) mass is 338 g/mol. The van der Waals surface area contributed by atoms with Gasteiger partial charge in [-0.05, 0) is 54.7 Å². The fourth-order valence-electron chi connectivity index (χ4n) is 4.37. The van der Waals surface area contributed by atoms with Crippen LogP contribution in [0.4, 0.5) is 0 Å². The minimum Gasteiger partial charge on any atom is -0.342 e. The summed E-state index contributed by atoms with van der Waals surface area (Å²) in [5.74, 6) is 0.297. The number of hydrogen-bond acceptors (Lipinski definition) is 3. The van der Waals surface area contributed by atoms with Crippen LogP contribution in [0.25, 0.3) is 0 Å². The number of benzene rings is 1. The first-order valence-electron chi connectivity index (χ1n) is 8.55. The molecule has 2 aliphatic rings. The van der Waals surface area contributed by atoms with Crippen LogP contribution in [-0.2, 0) is 16.6 Å². The summed E-state index contributed by atoms with van der Waals surface area (Å²) in [6.45, 7) is 2.34. The summed E-state index contributed by atoms with van der Waals surface area (Å²) < 4.78 is 0. The molecule has 1 aromatic carbocycles. The number of nitrogens with zero attached hydrogens (tertiary/aromatic N) is 2. The number of likely N-dealkylation sites (tertiary alicyclic amines) is 1. The SMILES string of the molecule is CN1C(=O)CC[C@]2(C)c3ccc(Sc4ccncc4)cc3CC[C@@H]12. The molecule has 0 spiro atoms. The van der Waals surface area contributed by atoms with Crippen LogP contribution in [0.1, 0.15) is 37.3 Å². The molecular weight excluding hydrogens is 316 g/mol. The third kappa shape index (κ3) is 2.53. The molecular formula is C20H22N2OS. The van der Waals surface area contributed by atoms with Crippen LogP contribution < -0.4 is 0 Å². The minimum absolute atomic E-state index is 0.0934. The highest BCUT2D eigenvalue weighted by Gasteiger charge is 2.46. The number of pyridine rings is 1. The van der Waals surface area contributed by atoms with Gasteiger partial charge in [0, 0.05) is 47.1 Å².